The number of likely N-dealkylation sites (tertiary alicyclic amines) is 1. The van der Waals surface area contributed by atoms with Crippen LogP contribution in [0, 0.1) is 6.92 Å². The second kappa shape index (κ2) is 10.0. The first-order valence-corrected chi connectivity index (χ1v) is 11.8. The molecule has 2 aromatic rings. The van der Waals surface area contributed by atoms with Gasteiger partial charge in [0.1, 0.15) is 6.54 Å². The molecule has 1 N–H and O–H groups in total. The summed E-state index contributed by atoms with van der Waals surface area (Å²) in [5, 5.41) is 14.3. The van der Waals surface area contributed by atoms with E-state index in [2.05, 4.69) is 14.9 Å². The second-order valence-corrected chi connectivity index (χ2v) is 9.59. The van der Waals surface area contributed by atoms with Crippen LogP contribution in [0.5, 0.6) is 0 Å². The molecular formula is C22H26Cl2F3N5O2. The maximum absolute atomic E-state index is 13.1. The summed E-state index contributed by atoms with van der Waals surface area (Å²) in [5.74, 6) is -0.404. The number of β-amino-alcohol motifs (C(OH)–C–C–N with tert-alkyl or cyclic N) is 1. The molecule has 186 valence electrons. The van der Waals surface area contributed by atoms with E-state index in [9.17, 15) is 23.1 Å². The van der Waals surface area contributed by atoms with E-state index in [1.54, 1.807) is 0 Å². The van der Waals surface area contributed by atoms with Gasteiger partial charge < -0.3 is 10.0 Å². The molecule has 7 nitrogen and oxygen atoms in total. The van der Waals surface area contributed by atoms with Crippen molar-refractivity contribution in [1.29, 1.82) is 0 Å². The highest BCUT2D eigenvalue weighted by Gasteiger charge is 2.40. The molecule has 1 amide bonds. The van der Waals surface area contributed by atoms with Crippen LogP contribution in [0.15, 0.2) is 24.3 Å². The third kappa shape index (κ3) is 5.52. The number of rotatable bonds is 5. The Bertz CT molecular complexity index is 1020. The maximum Gasteiger partial charge on any atom is 0.436 e. The number of carbonyl (C=O) groups excluding carboxylic acids is 1. The van der Waals surface area contributed by atoms with Crippen LogP contribution in [0.25, 0.3) is 0 Å². The Morgan fingerprint density at radius 3 is 2.35 bits per heavy atom. The van der Waals surface area contributed by atoms with E-state index < -0.39 is 28.9 Å². The Morgan fingerprint density at radius 1 is 1.12 bits per heavy atom. The summed E-state index contributed by atoms with van der Waals surface area (Å²) < 4.78 is 40.1. The predicted octanol–water partition coefficient (Wildman–Crippen LogP) is 2.91. The number of carbonyl (C=O) groups is 1. The van der Waals surface area contributed by atoms with Gasteiger partial charge in [-0.2, -0.15) is 18.3 Å². The summed E-state index contributed by atoms with van der Waals surface area (Å²) in [5.41, 5.74) is 0.0592. The number of hydrogen-bond acceptors (Lipinski definition) is 5. The van der Waals surface area contributed by atoms with E-state index in [4.69, 9.17) is 23.2 Å². The third-order valence-electron chi connectivity index (χ3n) is 6.49. The summed E-state index contributed by atoms with van der Waals surface area (Å²) in [4.78, 5) is 18.8. The molecule has 0 bridgehead atoms. The average molecular weight is 520 g/mol. The van der Waals surface area contributed by atoms with Crippen molar-refractivity contribution < 1.29 is 23.1 Å². The van der Waals surface area contributed by atoms with Gasteiger partial charge in [0.05, 0.1) is 22.9 Å². The Morgan fingerprint density at radius 2 is 1.76 bits per heavy atom. The third-order valence-corrected chi connectivity index (χ3v) is 7.20. The number of piperazine rings is 1. The van der Waals surface area contributed by atoms with Crippen molar-refractivity contribution >= 4 is 29.1 Å². The summed E-state index contributed by atoms with van der Waals surface area (Å²) in [6, 6.07) is 7.54. The van der Waals surface area contributed by atoms with Gasteiger partial charge in [-0.15, -0.1) is 0 Å². The zero-order chi connectivity index (χ0) is 24.6. The maximum atomic E-state index is 13.1. The van der Waals surface area contributed by atoms with Gasteiger partial charge in [0.15, 0.2) is 5.69 Å². The molecule has 34 heavy (non-hydrogen) atoms. The molecule has 1 aromatic carbocycles. The van der Waals surface area contributed by atoms with Crippen LogP contribution >= 0.6 is 23.2 Å². The number of benzene rings is 1. The molecule has 12 heteroatoms. The fourth-order valence-corrected chi connectivity index (χ4v) is 4.89. The molecule has 2 atom stereocenters. The highest BCUT2D eigenvalue weighted by Crippen LogP contribution is 2.35. The fraction of sp³-hybridized carbons (Fsp3) is 0.545. The molecule has 0 spiro atoms. The lowest BCUT2D eigenvalue weighted by atomic mass is 10.1. The van der Waals surface area contributed by atoms with E-state index in [0.29, 0.717) is 11.6 Å². The average Bonchev–Trinajstić information content (AvgIpc) is 3.31. The Balaban J connectivity index is 1.31. The lowest BCUT2D eigenvalue weighted by molar-refractivity contribution is -0.142. The normalized spacial score (nSPS) is 22.5. The molecule has 2 fully saturated rings. The first kappa shape index (κ1) is 25.2. The molecule has 2 aliphatic heterocycles. The molecule has 0 saturated carbocycles. The number of nitrogens with zero attached hydrogens (tertiary/aromatic N) is 5. The van der Waals surface area contributed by atoms with E-state index >= 15 is 0 Å². The van der Waals surface area contributed by atoms with Gasteiger partial charge in [-0.25, -0.2) is 0 Å². The fourth-order valence-electron chi connectivity index (χ4n) is 4.52. The van der Waals surface area contributed by atoms with Crippen LogP contribution in [-0.4, -0.2) is 86.9 Å². The molecule has 2 aliphatic rings. The standard InChI is InChI=1S/C22H26Cl2F3N5O2/c1-14-20(24)21(22(25,26)27)28-32(14)13-19(34)31-11-17(18(33)12-31)30-8-6-29(7-9-30)10-15-2-4-16(23)5-3-15/h2-5,17-18,33H,6-13H2,1H3/t17-,18-/m1/s1. The predicted molar refractivity (Wildman–Crippen MR) is 122 cm³/mol. The lowest BCUT2D eigenvalue weighted by Gasteiger charge is -2.38. The molecule has 3 heterocycles. The van der Waals surface area contributed by atoms with Crippen molar-refractivity contribution in [2.45, 2.75) is 38.3 Å². The van der Waals surface area contributed by atoms with Crippen molar-refractivity contribution in [3.63, 3.8) is 0 Å². The summed E-state index contributed by atoms with van der Waals surface area (Å²) in [6.45, 7) is 5.44. The minimum Gasteiger partial charge on any atom is -0.390 e. The van der Waals surface area contributed by atoms with E-state index in [1.165, 1.54) is 17.4 Å². The molecule has 4 rings (SSSR count). The number of aromatic nitrogens is 2. The Hall–Kier alpha value is -1.85. The summed E-state index contributed by atoms with van der Waals surface area (Å²) >= 11 is 11.7. The van der Waals surface area contributed by atoms with Crippen LogP contribution in [0.4, 0.5) is 13.2 Å². The summed E-state index contributed by atoms with van der Waals surface area (Å²) in [7, 11) is 0. The minimum absolute atomic E-state index is 0.0791. The number of aliphatic hydroxyl groups is 1. The molecule has 0 unspecified atom stereocenters. The number of halogens is 5. The van der Waals surface area contributed by atoms with Gasteiger partial charge in [-0.05, 0) is 24.6 Å². The topological polar surface area (TPSA) is 64.8 Å². The Kier molecular flexibility index (Phi) is 7.44. The van der Waals surface area contributed by atoms with Gasteiger partial charge in [0, 0.05) is 50.8 Å². The molecule has 2 saturated heterocycles. The monoisotopic (exact) mass is 519 g/mol. The molecule has 1 aromatic heterocycles. The first-order valence-electron chi connectivity index (χ1n) is 11.0. The van der Waals surface area contributed by atoms with E-state index in [1.807, 2.05) is 24.3 Å². The second-order valence-electron chi connectivity index (χ2n) is 8.78. The highest BCUT2D eigenvalue weighted by atomic mass is 35.5. The quantitative estimate of drug-likeness (QED) is 0.657. The SMILES string of the molecule is Cc1c(Cl)c(C(F)(F)F)nn1CC(=O)N1C[C@@H](O)[C@H](N2CCN(Cc3ccc(Cl)cc3)CC2)C1. The van der Waals surface area contributed by atoms with Crippen LogP contribution in [0.1, 0.15) is 17.0 Å². The van der Waals surface area contributed by atoms with Crippen LogP contribution < -0.4 is 0 Å². The molecule has 0 radical (unpaired) electrons. The number of hydrogen-bond donors (Lipinski definition) is 1. The zero-order valence-corrected chi connectivity index (χ0v) is 20.1. The van der Waals surface area contributed by atoms with Gasteiger partial charge in [0.25, 0.3) is 0 Å². The first-order chi connectivity index (χ1) is 16.0. The van der Waals surface area contributed by atoms with Crippen molar-refractivity contribution in [2.24, 2.45) is 0 Å². The highest BCUT2D eigenvalue weighted by molar-refractivity contribution is 6.32. The molecular weight excluding hydrogens is 494 g/mol. The van der Waals surface area contributed by atoms with Crippen molar-refractivity contribution in [3.8, 4) is 0 Å². The van der Waals surface area contributed by atoms with Crippen LogP contribution in [-0.2, 0) is 24.1 Å². The van der Waals surface area contributed by atoms with Crippen molar-refractivity contribution in [2.75, 3.05) is 39.3 Å². The van der Waals surface area contributed by atoms with Gasteiger partial charge in [-0.1, -0.05) is 35.3 Å². The van der Waals surface area contributed by atoms with Crippen molar-refractivity contribution in [1.82, 2.24) is 24.5 Å². The number of amides is 1. The van der Waals surface area contributed by atoms with Gasteiger partial charge >= 0.3 is 6.18 Å². The number of aliphatic hydroxyl groups excluding tert-OH is 1. The largest absolute Gasteiger partial charge is 0.436 e. The minimum atomic E-state index is -4.69. The smallest absolute Gasteiger partial charge is 0.390 e. The Labute approximate surface area is 205 Å². The van der Waals surface area contributed by atoms with E-state index in [-0.39, 0.29) is 24.8 Å². The van der Waals surface area contributed by atoms with Crippen molar-refractivity contribution in [3.05, 3.63) is 51.3 Å². The van der Waals surface area contributed by atoms with Crippen LogP contribution in [0.3, 0.4) is 0 Å². The zero-order valence-electron chi connectivity index (χ0n) is 18.6. The molecule has 0 aliphatic carbocycles. The van der Waals surface area contributed by atoms with Crippen LogP contribution in [0.2, 0.25) is 10.0 Å². The lowest BCUT2D eigenvalue weighted by Crippen LogP contribution is -2.53. The van der Waals surface area contributed by atoms with Gasteiger partial charge in [0.2, 0.25) is 5.91 Å². The van der Waals surface area contributed by atoms with Gasteiger partial charge in [-0.3, -0.25) is 19.3 Å². The number of alkyl halides is 3. The van der Waals surface area contributed by atoms with E-state index in [0.717, 1.165) is 37.4 Å². The summed E-state index contributed by atoms with van der Waals surface area (Å²) in [6.07, 6.45) is -5.42.